The lowest BCUT2D eigenvalue weighted by Gasteiger charge is -2.05. The standard InChI is InChI=1S/C14H12O2S/c1-9(15)12-5-6-13(17-12)11-4-2-3-10-7-8-16-14(10)11/h2-6H,7-8H2,1H3. The third-order valence-corrected chi connectivity index (χ3v) is 4.15. The quantitative estimate of drug-likeness (QED) is 0.755. The second-order valence-corrected chi connectivity index (χ2v) is 5.20. The predicted octanol–water partition coefficient (Wildman–Crippen LogP) is 3.55. The molecule has 1 aromatic carbocycles. The van der Waals surface area contributed by atoms with E-state index in [0.29, 0.717) is 0 Å². The van der Waals surface area contributed by atoms with Crippen molar-refractivity contribution in [3.05, 3.63) is 40.8 Å². The maximum Gasteiger partial charge on any atom is 0.169 e. The summed E-state index contributed by atoms with van der Waals surface area (Å²) >= 11 is 1.53. The number of hydrogen-bond acceptors (Lipinski definition) is 3. The topological polar surface area (TPSA) is 26.3 Å². The predicted molar refractivity (Wildman–Crippen MR) is 69.0 cm³/mol. The fourth-order valence-electron chi connectivity index (χ4n) is 2.08. The summed E-state index contributed by atoms with van der Waals surface area (Å²) in [5, 5.41) is 0. The molecule has 0 fully saturated rings. The van der Waals surface area contributed by atoms with Crippen LogP contribution in [0.1, 0.15) is 22.2 Å². The summed E-state index contributed by atoms with van der Waals surface area (Å²) in [5.74, 6) is 1.11. The highest BCUT2D eigenvalue weighted by Crippen LogP contribution is 2.39. The fraction of sp³-hybridized carbons (Fsp3) is 0.214. The molecule has 1 aromatic heterocycles. The van der Waals surface area contributed by atoms with Crippen molar-refractivity contribution >= 4 is 17.1 Å². The molecule has 17 heavy (non-hydrogen) atoms. The van der Waals surface area contributed by atoms with Gasteiger partial charge in [0.25, 0.3) is 0 Å². The highest BCUT2D eigenvalue weighted by Gasteiger charge is 2.18. The Balaban J connectivity index is 2.09. The number of hydrogen-bond donors (Lipinski definition) is 0. The van der Waals surface area contributed by atoms with Gasteiger partial charge < -0.3 is 4.74 Å². The molecular weight excluding hydrogens is 232 g/mol. The van der Waals surface area contributed by atoms with E-state index in [1.165, 1.54) is 16.9 Å². The molecule has 0 unspecified atom stereocenters. The molecule has 0 bridgehead atoms. The molecule has 0 aliphatic carbocycles. The summed E-state index contributed by atoms with van der Waals surface area (Å²) in [6.07, 6.45) is 0.980. The molecule has 86 valence electrons. The molecule has 2 aromatic rings. The third kappa shape index (κ3) is 1.76. The van der Waals surface area contributed by atoms with Crippen molar-refractivity contribution in [1.82, 2.24) is 0 Å². The number of carbonyl (C=O) groups is 1. The second-order valence-electron chi connectivity index (χ2n) is 4.11. The van der Waals surface area contributed by atoms with Crippen LogP contribution in [0.15, 0.2) is 30.3 Å². The molecule has 0 saturated heterocycles. The Kier molecular flexibility index (Phi) is 2.48. The molecule has 0 amide bonds. The Labute approximate surface area is 104 Å². The van der Waals surface area contributed by atoms with Crippen molar-refractivity contribution in [2.24, 2.45) is 0 Å². The van der Waals surface area contributed by atoms with Crippen molar-refractivity contribution in [3.8, 4) is 16.2 Å². The van der Waals surface area contributed by atoms with E-state index in [0.717, 1.165) is 34.1 Å². The van der Waals surface area contributed by atoms with E-state index in [1.807, 2.05) is 12.1 Å². The Morgan fingerprint density at radius 3 is 2.94 bits per heavy atom. The van der Waals surface area contributed by atoms with Crippen LogP contribution >= 0.6 is 11.3 Å². The number of rotatable bonds is 2. The third-order valence-electron chi connectivity index (χ3n) is 2.93. The van der Waals surface area contributed by atoms with Gasteiger partial charge in [-0.1, -0.05) is 12.1 Å². The van der Waals surface area contributed by atoms with Crippen LogP contribution in [0.5, 0.6) is 5.75 Å². The Hall–Kier alpha value is -1.61. The molecule has 1 aliphatic rings. The number of para-hydroxylation sites is 1. The van der Waals surface area contributed by atoms with E-state index in [4.69, 9.17) is 4.74 Å². The van der Waals surface area contributed by atoms with Crippen LogP contribution in [0, 0.1) is 0 Å². The normalized spacial score (nSPS) is 13.2. The monoisotopic (exact) mass is 244 g/mol. The average molecular weight is 244 g/mol. The second kappa shape index (κ2) is 4.00. The van der Waals surface area contributed by atoms with Crippen LogP contribution in [-0.4, -0.2) is 12.4 Å². The smallest absolute Gasteiger partial charge is 0.169 e. The van der Waals surface area contributed by atoms with Gasteiger partial charge in [-0.2, -0.15) is 0 Å². The summed E-state index contributed by atoms with van der Waals surface area (Å²) in [6.45, 7) is 2.36. The molecule has 1 aliphatic heterocycles. The Morgan fingerprint density at radius 2 is 2.18 bits per heavy atom. The van der Waals surface area contributed by atoms with Gasteiger partial charge >= 0.3 is 0 Å². The fourth-order valence-corrected chi connectivity index (χ4v) is 3.00. The zero-order chi connectivity index (χ0) is 11.8. The van der Waals surface area contributed by atoms with Crippen molar-refractivity contribution in [2.45, 2.75) is 13.3 Å². The van der Waals surface area contributed by atoms with Crippen molar-refractivity contribution in [1.29, 1.82) is 0 Å². The summed E-state index contributed by atoms with van der Waals surface area (Å²) < 4.78 is 5.68. The van der Waals surface area contributed by atoms with Gasteiger partial charge in [-0.05, 0) is 30.7 Å². The molecule has 0 atom stereocenters. The van der Waals surface area contributed by atoms with Crippen molar-refractivity contribution < 1.29 is 9.53 Å². The first-order valence-corrected chi connectivity index (χ1v) is 6.43. The van der Waals surface area contributed by atoms with Crippen LogP contribution in [0.2, 0.25) is 0 Å². The SMILES string of the molecule is CC(=O)c1ccc(-c2cccc3c2OCC3)s1. The van der Waals surface area contributed by atoms with E-state index < -0.39 is 0 Å². The molecule has 2 heterocycles. The first kappa shape index (κ1) is 10.5. The molecule has 2 nitrogen and oxygen atoms in total. The minimum absolute atomic E-state index is 0.120. The van der Waals surface area contributed by atoms with Gasteiger partial charge in [0.2, 0.25) is 0 Å². The first-order chi connectivity index (χ1) is 8.25. The van der Waals surface area contributed by atoms with Crippen LogP contribution < -0.4 is 4.74 Å². The van der Waals surface area contributed by atoms with Crippen molar-refractivity contribution in [3.63, 3.8) is 0 Å². The Morgan fingerprint density at radius 1 is 1.29 bits per heavy atom. The molecule has 0 N–H and O–H groups in total. The number of fused-ring (bicyclic) bond motifs is 1. The molecule has 3 rings (SSSR count). The molecule has 3 heteroatoms. The molecule has 0 radical (unpaired) electrons. The lowest BCUT2D eigenvalue weighted by Crippen LogP contribution is -1.87. The number of Topliss-reactive ketones (excluding diaryl/α,β-unsaturated/α-hetero) is 1. The van der Waals surface area contributed by atoms with Gasteiger partial charge in [-0.3, -0.25) is 4.79 Å². The summed E-state index contributed by atoms with van der Waals surface area (Å²) in [5.41, 5.74) is 2.37. The number of ether oxygens (including phenoxy) is 1. The maximum absolute atomic E-state index is 11.3. The summed E-state index contributed by atoms with van der Waals surface area (Å²) in [4.78, 5) is 13.2. The lowest BCUT2D eigenvalue weighted by atomic mass is 10.1. The summed E-state index contributed by atoms with van der Waals surface area (Å²) in [6, 6.07) is 10.1. The zero-order valence-corrected chi connectivity index (χ0v) is 10.3. The average Bonchev–Trinajstić information content (AvgIpc) is 2.97. The van der Waals surface area contributed by atoms with E-state index in [-0.39, 0.29) is 5.78 Å². The van der Waals surface area contributed by atoms with Crippen LogP contribution in [0.25, 0.3) is 10.4 Å². The number of thiophene rings is 1. The Bertz CT molecular complexity index is 584. The van der Waals surface area contributed by atoms with E-state index in [1.54, 1.807) is 6.92 Å². The largest absolute Gasteiger partial charge is 0.492 e. The molecular formula is C14H12O2S. The van der Waals surface area contributed by atoms with E-state index >= 15 is 0 Å². The van der Waals surface area contributed by atoms with E-state index in [2.05, 4.69) is 18.2 Å². The van der Waals surface area contributed by atoms with Gasteiger partial charge in [0.1, 0.15) is 5.75 Å². The van der Waals surface area contributed by atoms with Gasteiger partial charge in [-0.15, -0.1) is 11.3 Å². The highest BCUT2D eigenvalue weighted by atomic mass is 32.1. The van der Waals surface area contributed by atoms with Crippen LogP contribution in [-0.2, 0) is 6.42 Å². The zero-order valence-electron chi connectivity index (χ0n) is 9.53. The first-order valence-electron chi connectivity index (χ1n) is 5.61. The minimum Gasteiger partial charge on any atom is -0.492 e. The minimum atomic E-state index is 0.120. The highest BCUT2D eigenvalue weighted by molar-refractivity contribution is 7.17. The van der Waals surface area contributed by atoms with Gasteiger partial charge in [-0.25, -0.2) is 0 Å². The van der Waals surface area contributed by atoms with Gasteiger partial charge in [0.15, 0.2) is 5.78 Å². The van der Waals surface area contributed by atoms with Gasteiger partial charge in [0.05, 0.1) is 11.5 Å². The lowest BCUT2D eigenvalue weighted by molar-refractivity contribution is 0.102. The van der Waals surface area contributed by atoms with Crippen molar-refractivity contribution in [2.75, 3.05) is 6.61 Å². The van der Waals surface area contributed by atoms with Crippen LogP contribution in [0.3, 0.4) is 0 Å². The number of benzene rings is 1. The maximum atomic E-state index is 11.3. The summed E-state index contributed by atoms with van der Waals surface area (Å²) in [7, 11) is 0. The number of carbonyl (C=O) groups excluding carboxylic acids is 1. The number of ketones is 1. The van der Waals surface area contributed by atoms with Crippen LogP contribution in [0.4, 0.5) is 0 Å². The van der Waals surface area contributed by atoms with Gasteiger partial charge in [0, 0.05) is 16.9 Å². The molecule has 0 saturated carbocycles. The molecule has 0 spiro atoms. The van der Waals surface area contributed by atoms with E-state index in [9.17, 15) is 4.79 Å².